The fourth-order valence-electron chi connectivity index (χ4n) is 5.26. The van der Waals surface area contributed by atoms with Crippen LogP contribution in [0.2, 0.25) is 0 Å². The van der Waals surface area contributed by atoms with Gasteiger partial charge in [-0.15, -0.1) is 0 Å². The van der Waals surface area contributed by atoms with Gasteiger partial charge in [0, 0.05) is 43.6 Å². The summed E-state index contributed by atoms with van der Waals surface area (Å²) in [7, 11) is 0. The van der Waals surface area contributed by atoms with E-state index in [-0.39, 0.29) is 11.8 Å². The summed E-state index contributed by atoms with van der Waals surface area (Å²) in [5, 5.41) is 1.04. The molecule has 6 nitrogen and oxygen atoms in total. The minimum absolute atomic E-state index is 0.00676. The van der Waals surface area contributed by atoms with Gasteiger partial charge in [0.1, 0.15) is 12.1 Å². The molecule has 1 saturated heterocycles. The number of benzene rings is 2. The first-order valence-electron chi connectivity index (χ1n) is 12.6. The molecule has 0 aliphatic carbocycles. The van der Waals surface area contributed by atoms with Gasteiger partial charge in [0.2, 0.25) is 5.91 Å². The lowest BCUT2D eigenvalue weighted by atomic mass is 9.96. The maximum absolute atomic E-state index is 13.2. The highest BCUT2D eigenvalue weighted by atomic mass is 16.2. The first-order valence-corrected chi connectivity index (χ1v) is 12.6. The highest BCUT2D eigenvalue weighted by Crippen LogP contribution is 2.38. The normalized spacial score (nSPS) is 16.0. The van der Waals surface area contributed by atoms with Gasteiger partial charge in [-0.05, 0) is 56.9 Å². The molecule has 0 radical (unpaired) electrons. The summed E-state index contributed by atoms with van der Waals surface area (Å²) < 4.78 is 2.17. The number of nitrogens with zero attached hydrogens (tertiary/aromatic N) is 5. The van der Waals surface area contributed by atoms with Crippen molar-refractivity contribution in [3.8, 4) is 16.8 Å². The summed E-state index contributed by atoms with van der Waals surface area (Å²) in [6, 6.07) is 18.9. The number of piperidine rings is 1. The fourth-order valence-corrected chi connectivity index (χ4v) is 5.26. The summed E-state index contributed by atoms with van der Waals surface area (Å²) in [6.45, 7) is 9.28. The van der Waals surface area contributed by atoms with Gasteiger partial charge in [-0.25, -0.2) is 9.97 Å². The molecule has 1 fully saturated rings. The predicted molar refractivity (Wildman–Crippen MR) is 142 cm³/mol. The molecule has 6 heteroatoms. The second-order valence-corrected chi connectivity index (χ2v) is 9.31. The summed E-state index contributed by atoms with van der Waals surface area (Å²) in [5.74, 6) is 1.16. The lowest BCUT2D eigenvalue weighted by molar-refractivity contribution is -0.135. The minimum atomic E-state index is -0.00676. The lowest BCUT2D eigenvalue weighted by Gasteiger charge is -2.35. The van der Waals surface area contributed by atoms with E-state index in [9.17, 15) is 4.79 Å². The van der Waals surface area contributed by atoms with Crippen LogP contribution >= 0.6 is 0 Å². The monoisotopic (exact) mass is 467 g/mol. The molecule has 1 amide bonds. The van der Waals surface area contributed by atoms with Gasteiger partial charge in [-0.3, -0.25) is 4.79 Å². The predicted octanol–water partition coefficient (Wildman–Crippen LogP) is 5.48. The molecular weight excluding hydrogens is 434 g/mol. The molecule has 0 unspecified atom stereocenters. The number of anilines is 1. The van der Waals surface area contributed by atoms with Crippen molar-refractivity contribution in [1.82, 2.24) is 19.4 Å². The van der Waals surface area contributed by atoms with Gasteiger partial charge in [0.15, 0.2) is 5.65 Å². The average molecular weight is 468 g/mol. The summed E-state index contributed by atoms with van der Waals surface area (Å²) in [4.78, 5) is 27.0. The van der Waals surface area contributed by atoms with Crippen molar-refractivity contribution in [2.24, 2.45) is 5.92 Å². The first kappa shape index (κ1) is 23.1. The number of carbonyl (C=O) groups is 1. The number of amides is 1. The topological polar surface area (TPSA) is 54.3 Å². The number of carbonyl (C=O) groups excluding carboxylic acids is 1. The van der Waals surface area contributed by atoms with Gasteiger partial charge in [-0.1, -0.05) is 42.5 Å². The van der Waals surface area contributed by atoms with E-state index in [0.29, 0.717) is 6.54 Å². The molecule has 0 N–H and O–H groups in total. The molecule has 3 heterocycles. The zero-order valence-corrected chi connectivity index (χ0v) is 20.8. The second kappa shape index (κ2) is 9.90. The van der Waals surface area contributed by atoms with Gasteiger partial charge < -0.3 is 14.4 Å². The third kappa shape index (κ3) is 4.41. The Kier molecular flexibility index (Phi) is 6.53. The number of fused-ring (bicyclic) bond motifs is 1. The zero-order valence-electron chi connectivity index (χ0n) is 20.8. The number of aromatic nitrogens is 3. The Bertz CT molecular complexity index is 1330. The molecule has 1 atom stereocenters. The van der Waals surface area contributed by atoms with E-state index in [1.54, 1.807) is 6.33 Å². The Hall–Kier alpha value is -3.67. The van der Waals surface area contributed by atoms with Crippen molar-refractivity contribution in [3.05, 3.63) is 72.7 Å². The maximum atomic E-state index is 13.2. The average Bonchev–Trinajstić information content (AvgIpc) is 3.30. The van der Waals surface area contributed by atoms with E-state index >= 15 is 0 Å². The largest absolute Gasteiger partial charge is 0.355 e. The van der Waals surface area contributed by atoms with Crippen LogP contribution in [-0.4, -0.2) is 51.5 Å². The summed E-state index contributed by atoms with van der Waals surface area (Å²) in [6.07, 6.45) is 5.74. The Morgan fingerprint density at radius 1 is 1.06 bits per heavy atom. The van der Waals surface area contributed by atoms with E-state index < -0.39 is 0 Å². The van der Waals surface area contributed by atoms with Crippen LogP contribution in [0.15, 0.2) is 67.1 Å². The Balaban J connectivity index is 1.63. The molecule has 0 saturated carbocycles. The van der Waals surface area contributed by atoms with Crippen molar-refractivity contribution in [2.45, 2.75) is 33.6 Å². The van der Waals surface area contributed by atoms with E-state index in [1.165, 1.54) is 5.56 Å². The molecule has 5 rings (SSSR count). The van der Waals surface area contributed by atoms with Crippen molar-refractivity contribution in [2.75, 3.05) is 31.1 Å². The maximum Gasteiger partial charge on any atom is 0.227 e. The van der Waals surface area contributed by atoms with Gasteiger partial charge >= 0.3 is 0 Å². The van der Waals surface area contributed by atoms with Crippen LogP contribution in [0.5, 0.6) is 0 Å². The molecule has 180 valence electrons. The Labute approximate surface area is 207 Å². The molecule has 4 aromatic rings. The van der Waals surface area contributed by atoms with E-state index in [2.05, 4.69) is 85.0 Å². The van der Waals surface area contributed by atoms with Crippen LogP contribution in [-0.2, 0) is 4.79 Å². The Morgan fingerprint density at radius 3 is 2.60 bits per heavy atom. The summed E-state index contributed by atoms with van der Waals surface area (Å²) in [5.41, 5.74) is 5.41. The molecule has 1 aliphatic rings. The van der Waals surface area contributed by atoms with Crippen molar-refractivity contribution >= 4 is 22.8 Å². The van der Waals surface area contributed by atoms with Crippen LogP contribution in [0.1, 0.15) is 32.3 Å². The molecule has 0 spiro atoms. The quantitative estimate of drug-likeness (QED) is 0.377. The van der Waals surface area contributed by atoms with E-state index in [1.807, 2.05) is 11.0 Å². The zero-order chi connectivity index (χ0) is 24.4. The first-order chi connectivity index (χ1) is 17.1. The van der Waals surface area contributed by atoms with Gasteiger partial charge in [0.05, 0.1) is 11.3 Å². The van der Waals surface area contributed by atoms with Crippen LogP contribution < -0.4 is 4.90 Å². The number of rotatable bonds is 6. The number of aryl methyl sites for hydroxylation is 1. The molecular formula is C29H33N5O. The van der Waals surface area contributed by atoms with Gasteiger partial charge in [0.25, 0.3) is 0 Å². The third-order valence-electron chi connectivity index (χ3n) is 7.07. The number of hydrogen-bond acceptors (Lipinski definition) is 4. The van der Waals surface area contributed by atoms with Gasteiger partial charge in [-0.2, -0.15) is 0 Å². The molecule has 2 aromatic heterocycles. The van der Waals surface area contributed by atoms with Crippen LogP contribution in [0.3, 0.4) is 0 Å². The van der Waals surface area contributed by atoms with Crippen molar-refractivity contribution in [1.29, 1.82) is 0 Å². The van der Waals surface area contributed by atoms with Crippen LogP contribution in [0.4, 0.5) is 5.82 Å². The van der Waals surface area contributed by atoms with Crippen molar-refractivity contribution in [3.63, 3.8) is 0 Å². The fraction of sp³-hybridized carbons (Fsp3) is 0.345. The SMILES string of the molecule is CCN(CC)C(=O)[C@@H]1CCCN(c2ncnc3c2c(-c2ccccc2)cn3-c2cccc(C)c2)C1. The van der Waals surface area contributed by atoms with Crippen LogP contribution in [0.25, 0.3) is 27.8 Å². The molecule has 2 aromatic carbocycles. The van der Waals surface area contributed by atoms with Crippen molar-refractivity contribution < 1.29 is 4.79 Å². The van der Waals surface area contributed by atoms with Crippen LogP contribution in [0, 0.1) is 12.8 Å². The summed E-state index contributed by atoms with van der Waals surface area (Å²) >= 11 is 0. The third-order valence-corrected chi connectivity index (χ3v) is 7.07. The highest BCUT2D eigenvalue weighted by molar-refractivity contribution is 6.02. The standard InChI is InChI=1S/C29H33N5O/c1-4-32(5-2)29(35)23-14-10-16-33(18-23)27-26-25(22-12-7-6-8-13-22)19-34(28(26)31-20-30-27)24-15-9-11-21(3)17-24/h6-9,11-13,15,17,19-20,23H,4-5,10,14,16,18H2,1-3H3/t23-/m1/s1. The number of hydrogen-bond donors (Lipinski definition) is 0. The highest BCUT2D eigenvalue weighted by Gasteiger charge is 2.30. The lowest BCUT2D eigenvalue weighted by Crippen LogP contribution is -2.45. The molecule has 35 heavy (non-hydrogen) atoms. The molecule has 0 bridgehead atoms. The Morgan fingerprint density at radius 2 is 1.86 bits per heavy atom. The van der Waals surface area contributed by atoms with E-state index in [4.69, 9.17) is 9.97 Å². The smallest absolute Gasteiger partial charge is 0.227 e. The molecule has 1 aliphatic heterocycles. The minimum Gasteiger partial charge on any atom is -0.355 e. The second-order valence-electron chi connectivity index (χ2n) is 9.31. The van der Waals surface area contributed by atoms with E-state index in [0.717, 1.165) is 66.1 Å².